The van der Waals surface area contributed by atoms with Crippen LogP contribution in [0.4, 0.5) is 0 Å². The lowest BCUT2D eigenvalue weighted by atomic mass is 10.2. The average Bonchev–Trinajstić information content (AvgIpc) is 3.17. The summed E-state index contributed by atoms with van der Waals surface area (Å²) in [6.45, 7) is 3.04. The van der Waals surface area contributed by atoms with Gasteiger partial charge in [-0.05, 0) is 43.2 Å². The molecule has 1 amide bonds. The van der Waals surface area contributed by atoms with E-state index in [2.05, 4.69) is 42.0 Å². The first kappa shape index (κ1) is 20.0. The number of nitrogens with zero attached hydrogens (tertiary/aromatic N) is 3. The van der Waals surface area contributed by atoms with E-state index in [0.717, 1.165) is 42.9 Å². The molecular formula is C18H25BrN6O. The van der Waals surface area contributed by atoms with Gasteiger partial charge in [-0.2, -0.15) is 5.10 Å². The van der Waals surface area contributed by atoms with Gasteiger partial charge in [0.15, 0.2) is 5.96 Å². The molecule has 0 bridgehead atoms. The van der Waals surface area contributed by atoms with Gasteiger partial charge in [-0.15, -0.1) is 0 Å². The monoisotopic (exact) mass is 420 g/mol. The Kier molecular flexibility index (Phi) is 8.68. The number of carbonyl (C=O) groups excluding carboxylic acids is 1. The Morgan fingerprint density at radius 1 is 1.12 bits per heavy atom. The van der Waals surface area contributed by atoms with Crippen molar-refractivity contribution >= 4 is 27.8 Å². The number of amides is 1. The van der Waals surface area contributed by atoms with E-state index in [1.54, 1.807) is 25.4 Å². The molecule has 0 unspecified atom stereocenters. The molecule has 1 aromatic heterocycles. The fourth-order valence-electron chi connectivity index (χ4n) is 2.30. The lowest BCUT2D eigenvalue weighted by Crippen LogP contribution is -2.39. The van der Waals surface area contributed by atoms with Crippen LogP contribution in [0.15, 0.2) is 52.2 Å². The maximum Gasteiger partial charge on any atom is 0.251 e. The predicted molar refractivity (Wildman–Crippen MR) is 107 cm³/mol. The van der Waals surface area contributed by atoms with Gasteiger partial charge in [-0.25, -0.2) is 0 Å². The molecule has 1 heterocycles. The van der Waals surface area contributed by atoms with Gasteiger partial charge in [0, 0.05) is 55.7 Å². The number of aliphatic imine (C=N–C) groups is 1. The van der Waals surface area contributed by atoms with Crippen molar-refractivity contribution in [2.45, 2.75) is 19.4 Å². The molecule has 2 aromatic rings. The Labute approximate surface area is 162 Å². The quantitative estimate of drug-likeness (QED) is 0.329. The van der Waals surface area contributed by atoms with Gasteiger partial charge in [0.05, 0.1) is 0 Å². The highest BCUT2D eigenvalue weighted by Gasteiger charge is 2.04. The number of hydrogen-bond donors (Lipinski definition) is 3. The molecule has 3 N–H and O–H groups in total. The first-order valence-corrected chi connectivity index (χ1v) is 9.44. The lowest BCUT2D eigenvalue weighted by Gasteiger charge is -2.12. The highest BCUT2D eigenvalue weighted by molar-refractivity contribution is 9.10. The molecule has 0 saturated carbocycles. The first-order chi connectivity index (χ1) is 12.7. The van der Waals surface area contributed by atoms with Crippen molar-refractivity contribution in [1.82, 2.24) is 25.7 Å². The van der Waals surface area contributed by atoms with Crippen LogP contribution >= 0.6 is 15.9 Å². The number of carbonyl (C=O) groups is 1. The molecule has 0 saturated heterocycles. The second-order valence-electron chi connectivity index (χ2n) is 5.66. The topological polar surface area (TPSA) is 83.3 Å². The van der Waals surface area contributed by atoms with Crippen molar-refractivity contribution in [3.8, 4) is 0 Å². The Morgan fingerprint density at radius 3 is 2.46 bits per heavy atom. The van der Waals surface area contributed by atoms with Crippen LogP contribution < -0.4 is 16.0 Å². The maximum atomic E-state index is 12.0. The highest BCUT2D eigenvalue weighted by atomic mass is 79.9. The summed E-state index contributed by atoms with van der Waals surface area (Å²) in [5.41, 5.74) is 0.663. The zero-order valence-electron chi connectivity index (χ0n) is 14.9. The Hall–Kier alpha value is -2.35. The Balaban J connectivity index is 1.54. The molecule has 26 heavy (non-hydrogen) atoms. The molecule has 0 spiro atoms. The third kappa shape index (κ3) is 7.26. The predicted octanol–water partition coefficient (Wildman–Crippen LogP) is 2.02. The van der Waals surface area contributed by atoms with Gasteiger partial charge >= 0.3 is 0 Å². The molecule has 8 heteroatoms. The van der Waals surface area contributed by atoms with E-state index in [-0.39, 0.29) is 5.91 Å². The highest BCUT2D eigenvalue weighted by Crippen LogP contribution is 2.10. The van der Waals surface area contributed by atoms with E-state index in [4.69, 9.17) is 0 Å². The van der Waals surface area contributed by atoms with Crippen LogP contribution in [-0.4, -0.2) is 48.3 Å². The first-order valence-electron chi connectivity index (χ1n) is 8.65. The molecule has 140 valence electrons. The number of hydrogen-bond acceptors (Lipinski definition) is 3. The number of aryl methyl sites for hydroxylation is 1. The smallest absolute Gasteiger partial charge is 0.251 e. The van der Waals surface area contributed by atoms with Crippen LogP contribution in [0.1, 0.15) is 23.2 Å². The van der Waals surface area contributed by atoms with Gasteiger partial charge in [-0.3, -0.25) is 14.5 Å². The fourth-order valence-corrected chi connectivity index (χ4v) is 2.57. The van der Waals surface area contributed by atoms with Crippen LogP contribution in [0.3, 0.4) is 0 Å². The van der Waals surface area contributed by atoms with E-state index >= 15 is 0 Å². The van der Waals surface area contributed by atoms with Gasteiger partial charge in [0.1, 0.15) is 0 Å². The summed E-state index contributed by atoms with van der Waals surface area (Å²) in [6.07, 6.45) is 5.51. The molecule has 0 fully saturated rings. The number of halogens is 1. The largest absolute Gasteiger partial charge is 0.356 e. The zero-order chi connectivity index (χ0) is 18.6. The summed E-state index contributed by atoms with van der Waals surface area (Å²) in [5, 5.41) is 13.6. The molecule has 0 aliphatic rings. The van der Waals surface area contributed by atoms with Crippen molar-refractivity contribution in [2.24, 2.45) is 4.99 Å². The minimum atomic E-state index is -0.0568. The molecule has 0 radical (unpaired) electrons. The number of rotatable bonds is 9. The third-order valence-corrected chi connectivity index (χ3v) is 4.21. The SMILES string of the molecule is CN=C(NCCCNC(=O)c1ccc(Br)cc1)NCCCn1cccn1. The average molecular weight is 421 g/mol. The normalized spacial score (nSPS) is 11.2. The van der Waals surface area contributed by atoms with E-state index in [1.807, 2.05) is 29.1 Å². The summed E-state index contributed by atoms with van der Waals surface area (Å²) in [6, 6.07) is 9.24. The number of benzene rings is 1. The molecule has 1 aromatic carbocycles. The van der Waals surface area contributed by atoms with Gasteiger partial charge in [0.2, 0.25) is 0 Å². The second-order valence-corrected chi connectivity index (χ2v) is 6.58. The van der Waals surface area contributed by atoms with Crippen LogP contribution in [0.5, 0.6) is 0 Å². The van der Waals surface area contributed by atoms with E-state index < -0.39 is 0 Å². The third-order valence-electron chi connectivity index (χ3n) is 3.68. The van der Waals surface area contributed by atoms with Crippen molar-refractivity contribution < 1.29 is 4.79 Å². The van der Waals surface area contributed by atoms with Crippen LogP contribution in [0, 0.1) is 0 Å². The Morgan fingerprint density at radius 2 is 1.81 bits per heavy atom. The molecule has 0 atom stereocenters. The maximum absolute atomic E-state index is 12.0. The van der Waals surface area contributed by atoms with Crippen LogP contribution in [0.2, 0.25) is 0 Å². The number of nitrogens with one attached hydrogen (secondary N) is 3. The zero-order valence-corrected chi connectivity index (χ0v) is 16.5. The van der Waals surface area contributed by atoms with E-state index in [9.17, 15) is 4.79 Å². The van der Waals surface area contributed by atoms with E-state index in [1.165, 1.54) is 0 Å². The minimum Gasteiger partial charge on any atom is -0.356 e. The summed E-state index contributed by atoms with van der Waals surface area (Å²) in [7, 11) is 1.75. The van der Waals surface area contributed by atoms with Crippen molar-refractivity contribution in [3.05, 3.63) is 52.8 Å². The van der Waals surface area contributed by atoms with E-state index in [0.29, 0.717) is 12.1 Å². The van der Waals surface area contributed by atoms with Gasteiger partial charge in [-0.1, -0.05) is 15.9 Å². The lowest BCUT2D eigenvalue weighted by molar-refractivity contribution is 0.0953. The van der Waals surface area contributed by atoms with Crippen molar-refractivity contribution in [2.75, 3.05) is 26.7 Å². The minimum absolute atomic E-state index is 0.0568. The number of guanidine groups is 1. The molecule has 2 rings (SSSR count). The fraction of sp³-hybridized carbons (Fsp3) is 0.389. The molecule has 7 nitrogen and oxygen atoms in total. The molecule has 0 aliphatic carbocycles. The molecule has 0 aliphatic heterocycles. The van der Waals surface area contributed by atoms with Crippen molar-refractivity contribution in [1.29, 1.82) is 0 Å². The van der Waals surface area contributed by atoms with Gasteiger partial charge in [0.25, 0.3) is 5.91 Å². The van der Waals surface area contributed by atoms with Crippen molar-refractivity contribution in [3.63, 3.8) is 0 Å². The summed E-state index contributed by atoms with van der Waals surface area (Å²) >= 11 is 3.36. The summed E-state index contributed by atoms with van der Waals surface area (Å²) in [5.74, 6) is 0.711. The molecular weight excluding hydrogens is 396 g/mol. The van der Waals surface area contributed by atoms with Crippen LogP contribution in [-0.2, 0) is 6.54 Å². The second kappa shape index (κ2) is 11.3. The summed E-state index contributed by atoms with van der Waals surface area (Å²) < 4.78 is 2.87. The van der Waals surface area contributed by atoms with Gasteiger partial charge < -0.3 is 16.0 Å². The van der Waals surface area contributed by atoms with Crippen LogP contribution in [0.25, 0.3) is 0 Å². The number of aromatic nitrogens is 2. The summed E-state index contributed by atoms with van der Waals surface area (Å²) in [4.78, 5) is 16.2. The Bertz CT molecular complexity index is 684. The standard InChI is InChI=1S/C18H25BrN6O/c1-20-18(23-11-3-13-25-14-4-12-24-25)22-10-2-9-21-17(26)15-5-7-16(19)8-6-15/h4-8,12,14H,2-3,9-11,13H2,1H3,(H,21,26)(H2,20,22,23).